The Morgan fingerprint density at radius 1 is 1.27 bits per heavy atom. The number of nitrogens with zero attached hydrogens (tertiary/aromatic N) is 4. The molecule has 110 valence electrons. The van der Waals surface area contributed by atoms with Gasteiger partial charge in [0.2, 0.25) is 5.76 Å². The van der Waals surface area contributed by atoms with Crippen molar-refractivity contribution in [2.45, 2.75) is 24.6 Å². The lowest BCUT2D eigenvalue weighted by Gasteiger charge is -2.05. The van der Waals surface area contributed by atoms with Gasteiger partial charge in [-0.25, -0.2) is 9.97 Å². The van der Waals surface area contributed by atoms with Gasteiger partial charge in [-0.3, -0.25) is 0 Å². The van der Waals surface area contributed by atoms with Crippen molar-refractivity contribution < 1.29 is 8.94 Å². The third-order valence-corrected chi connectivity index (χ3v) is 3.97. The predicted octanol–water partition coefficient (Wildman–Crippen LogP) is 3.51. The fourth-order valence-electron chi connectivity index (χ4n) is 1.97. The maximum absolute atomic E-state index is 9.23. The van der Waals surface area contributed by atoms with E-state index in [1.807, 2.05) is 26.0 Å². The van der Waals surface area contributed by atoms with E-state index in [4.69, 9.17) is 8.94 Å². The summed E-state index contributed by atoms with van der Waals surface area (Å²) in [6, 6.07) is 7.57. The second-order valence-corrected chi connectivity index (χ2v) is 5.56. The summed E-state index contributed by atoms with van der Waals surface area (Å²) in [5.41, 5.74) is 1.95. The molecule has 3 heterocycles. The lowest BCUT2D eigenvalue weighted by molar-refractivity contribution is 0.413. The maximum atomic E-state index is 9.23. The monoisotopic (exact) mass is 312 g/mol. The molecule has 0 aliphatic rings. The Balaban J connectivity index is 1.78. The van der Waals surface area contributed by atoms with Crippen LogP contribution in [0.5, 0.6) is 0 Å². The highest BCUT2D eigenvalue weighted by molar-refractivity contribution is 7.98. The molecule has 0 unspecified atom stereocenters. The quantitative estimate of drug-likeness (QED) is 0.538. The number of aryl methyl sites for hydroxylation is 2. The lowest BCUT2D eigenvalue weighted by Crippen LogP contribution is -1.99. The van der Waals surface area contributed by atoms with Gasteiger partial charge in [-0.1, -0.05) is 16.9 Å². The molecule has 0 aliphatic carbocycles. The van der Waals surface area contributed by atoms with E-state index in [9.17, 15) is 5.26 Å². The number of rotatable bonds is 4. The van der Waals surface area contributed by atoms with Gasteiger partial charge in [-0.15, -0.1) is 0 Å². The van der Waals surface area contributed by atoms with Crippen LogP contribution in [0, 0.1) is 25.2 Å². The van der Waals surface area contributed by atoms with Gasteiger partial charge in [0.05, 0.1) is 17.7 Å². The number of nitriles is 1. The number of hydrogen-bond donors (Lipinski definition) is 0. The third kappa shape index (κ3) is 2.87. The van der Waals surface area contributed by atoms with Crippen molar-refractivity contribution in [1.82, 2.24) is 15.1 Å². The largest absolute Gasteiger partial charge is 0.461 e. The summed E-state index contributed by atoms with van der Waals surface area (Å²) >= 11 is 1.44. The van der Waals surface area contributed by atoms with Crippen LogP contribution < -0.4 is 0 Å². The van der Waals surface area contributed by atoms with Crippen LogP contribution in [-0.2, 0) is 5.75 Å². The second-order valence-electron chi connectivity index (χ2n) is 4.60. The van der Waals surface area contributed by atoms with Crippen LogP contribution in [0.2, 0.25) is 0 Å². The van der Waals surface area contributed by atoms with Gasteiger partial charge in [-0.2, -0.15) is 5.26 Å². The van der Waals surface area contributed by atoms with Gasteiger partial charge in [0.25, 0.3) is 0 Å². The Morgan fingerprint density at radius 3 is 2.86 bits per heavy atom. The van der Waals surface area contributed by atoms with Gasteiger partial charge < -0.3 is 8.94 Å². The van der Waals surface area contributed by atoms with Crippen molar-refractivity contribution in [2.75, 3.05) is 0 Å². The minimum absolute atomic E-state index is 0.505. The molecule has 6 nitrogen and oxygen atoms in total. The molecule has 0 aliphatic heterocycles. The Bertz CT molecular complexity index is 834. The Kier molecular flexibility index (Phi) is 3.94. The number of hydrogen-bond acceptors (Lipinski definition) is 7. The molecular formula is C15H12N4O2S. The van der Waals surface area contributed by atoms with Gasteiger partial charge in [-0.05, 0) is 26.0 Å². The molecule has 0 fully saturated rings. The smallest absolute Gasteiger partial charge is 0.202 e. The second kappa shape index (κ2) is 6.03. The molecular weight excluding hydrogens is 300 g/mol. The topological polar surface area (TPSA) is 88.7 Å². The van der Waals surface area contributed by atoms with Crippen LogP contribution in [0.25, 0.3) is 11.5 Å². The highest BCUT2D eigenvalue weighted by atomic mass is 32.2. The van der Waals surface area contributed by atoms with Crippen LogP contribution in [0.15, 0.2) is 38.4 Å². The summed E-state index contributed by atoms with van der Waals surface area (Å²) in [6.45, 7) is 3.62. The van der Waals surface area contributed by atoms with E-state index < -0.39 is 0 Å². The van der Waals surface area contributed by atoms with Crippen LogP contribution in [0.4, 0.5) is 0 Å². The highest BCUT2D eigenvalue weighted by Crippen LogP contribution is 2.27. The zero-order valence-electron chi connectivity index (χ0n) is 12.0. The minimum atomic E-state index is 0.505. The SMILES string of the molecule is Cc1nc(C)c(C#N)c(SCc2cc(-c3ccco3)on2)n1. The van der Waals surface area contributed by atoms with E-state index in [2.05, 4.69) is 21.2 Å². The van der Waals surface area contributed by atoms with E-state index in [-0.39, 0.29) is 0 Å². The minimum Gasteiger partial charge on any atom is -0.461 e. The zero-order valence-corrected chi connectivity index (χ0v) is 12.8. The molecule has 7 heteroatoms. The van der Waals surface area contributed by atoms with Gasteiger partial charge in [0.1, 0.15) is 22.5 Å². The molecule has 0 bridgehead atoms. The average Bonchev–Trinajstić information content (AvgIpc) is 3.15. The molecule has 0 radical (unpaired) electrons. The third-order valence-electron chi connectivity index (χ3n) is 2.96. The molecule has 22 heavy (non-hydrogen) atoms. The average molecular weight is 312 g/mol. The molecule has 3 aromatic rings. The van der Waals surface area contributed by atoms with Crippen molar-refractivity contribution in [1.29, 1.82) is 5.26 Å². The molecule has 0 amide bonds. The fourth-order valence-corrected chi connectivity index (χ4v) is 2.93. The number of thioether (sulfide) groups is 1. The van der Waals surface area contributed by atoms with Gasteiger partial charge >= 0.3 is 0 Å². The highest BCUT2D eigenvalue weighted by Gasteiger charge is 2.13. The van der Waals surface area contributed by atoms with E-state index in [1.54, 1.807) is 12.3 Å². The Hall–Kier alpha value is -2.59. The first-order valence-corrected chi connectivity index (χ1v) is 7.53. The van der Waals surface area contributed by atoms with Crippen LogP contribution in [-0.4, -0.2) is 15.1 Å². The molecule has 0 saturated heterocycles. The van der Waals surface area contributed by atoms with Crippen molar-refractivity contribution in [3.63, 3.8) is 0 Å². The summed E-state index contributed by atoms with van der Waals surface area (Å²) in [6.07, 6.45) is 1.58. The number of furan rings is 1. The lowest BCUT2D eigenvalue weighted by atomic mass is 10.3. The fraction of sp³-hybridized carbons (Fsp3) is 0.200. The van der Waals surface area contributed by atoms with E-state index in [0.717, 1.165) is 5.69 Å². The molecule has 0 atom stereocenters. The van der Waals surface area contributed by atoms with Crippen LogP contribution >= 0.6 is 11.8 Å². The molecule has 3 aromatic heterocycles. The van der Waals surface area contributed by atoms with Crippen molar-refractivity contribution >= 4 is 11.8 Å². The van der Waals surface area contributed by atoms with Gasteiger partial charge in [0, 0.05) is 11.8 Å². The summed E-state index contributed by atoms with van der Waals surface area (Å²) < 4.78 is 10.5. The zero-order chi connectivity index (χ0) is 15.5. The first-order chi connectivity index (χ1) is 10.7. The summed E-state index contributed by atoms with van der Waals surface area (Å²) in [5, 5.41) is 13.9. The summed E-state index contributed by atoms with van der Waals surface area (Å²) in [5.74, 6) is 2.41. The van der Waals surface area contributed by atoms with Crippen LogP contribution in [0.3, 0.4) is 0 Å². The maximum Gasteiger partial charge on any atom is 0.202 e. The molecule has 0 N–H and O–H groups in total. The van der Waals surface area contributed by atoms with E-state index in [0.29, 0.717) is 39.4 Å². The van der Waals surface area contributed by atoms with E-state index in [1.165, 1.54) is 11.8 Å². The van der Waals surface area contributed by atoms with Gasteiger partial charge in [0.15, 0.2) is 5.76 Å². The van der Waals surface area contributed by atoms with Crippen LogP contribution in [0.1, 0.15) is 22.8 Å². The van der Waals surface area contributed by atoms with Crippen molar-refractivity contribution in [2.24, 2.45) is 0 Å². The van der Waals surface area contributed by atoms with Crippen molar-refractivity contribution in [3.05, 3.63) is 47.2 Å². The first-order valence-electron chi connectivity index (χ1n) is 6.55. The molecule has 0 saturated carbocycles. The Labute approximate surface area is 131 Å². The molecule has 0 aromatic carbocycles. The molecule has 3 rings (SSSR count). The Morgan fingerprint density at radius 2 is 2.14 bits per heavy atom. The van der Waals surface area contributed by atoms with E-state index >= 15 is 0 Å². The standard InChI is InChI=1S/C15H12N4O2S/c1-9-12(7-16)15(18-10(2)17-9)22-8-11-6-14(21-19-11)13-4-3-5-20-13/h3-6H,8H2,1-2H3. The first kappa shape index (κ1) is 14.4. The molecule has 0 spiro atoms. The summed E-state index contributed by atoms with van der Waals surface area (Å²) in [7, 11) is 0. The predicted molar refractivity (Wildman–Crippen MR) is 80.0 cm³/mol. The van der Waals surface area contributed by atoms with Crippen molar-refractivity contribution in [3.8, 4) is 17.6 Å². The summed E-state index contributed by atoms with van der Waals surface area (Å²) in [4.78, 5) is 8.53. The number of aromatic nitrogens is 3. The normalized spacial score (nSPS) is 10.6.